The molecule has 0 aromatic carbocycles. The maximum Gasteiger partial charge on any atom is 0.271 e. The molecule has 2 aromatic heterocycles. The molecule has 2 rings (SSSR count). The SMILES string of the molecule is CC(NC(=O)c1ncccc1Br)c1ccco1. The lowest BCUT2D eigenvalue weighted by atomic mass is 10.2. The van der Waals surface area contributed by atoms with E-state index in [-0.39, 0.29) is 11.9 Å². The summed E-state index contributed by atoms with van der Waals surface area (Å²) >= 11 is 3.29. The largest absolute Gasteiger partial charge is 0.467 e. The fourth-order valence-electron chi connectivity index (χ4n) is 1.43. The molecular weight excluding hydrogens is 284 g/mol. The summed E-state index contributed by atoms with van der Waals surface area (Å²) in [6.07, 6.45) is 3.16. The third kappa shape index (κ3) is 2.74. The highest BCUT2D eigenvalue weighted by atomic mass is 79.9. The van der Waals surface area contributed by atoms with E-state index in [1.165, 1.54) is 0 Å². The van der Waals surface area contributed by atoms with Crippen molar-refractivity contribution < 1.29 is 9.21 Å². The molecule has 1 amide bonds. The molecule has 2 aromatic rings. The van der Waals surface area contributed by atoms with Gasteiger partial charge < -0.3 is 9.73 Å². The van der Waals surface area contributed by atoms with E-state index in [2.05, 4.69) is 26.2 Å². The van der Waals surface area contributed by atoms with Gasteiger partial charge in [-0.3, -0.25) is 4.79 Å². The molecular formula is C12H11BrN2O2. The number of hydrogen-bond acceptors (Lipinski definition) is 3. The van der Waals surface area contributed by atoms with Gasteiger partial charge in [-0.25, -0.2) is 4.98 Å². The zero-order chi connectivity index (χ0) is 12.3. The van der Waals surface area contributed by atoms with Crippen LogP contribution in [0.5, 0.6) is 0 Å². The van der Waals surface area contributed by atoms with Crippen LogP contribution in [0.15, 0.2) is 45.6 Å². The predicted octanol–water partition coefficient (Wildman–Crippen LogP) is 2.93. The van der Waals surface area contributed by atoms with Gasteiger partial charge in [0.25, 0.3) is 5.91 Å². The molecule has 0 saturated carbocycles. The maximum absolute atomic E-state index is 11.9. The molecule has 17 heavy (non-hydrogen) atoms. The van der Waals surface area contributed by atoms with Gasteiger partial charge in [-0.15, -0.1) is 0 Å². The fourth-order valence-corrected chi connectivity index (χ4v) is 1.86. The molecule has 0 saturated heterocycles. The molecule has 1 atom stereocenters. The molecule has 0 aliphatic carbocycles. The lowest BCUT2D eigenvalue weighted by molar-refractivity contribution is 0.0929. The Morgan fingerprint density at radius 3 is 2.94 bits per heavy atom. The molecule has 0 radical (unpaired) electrons. The quantitative estimate of drug-likeness (QED) is 0.947. The third-order valence-corrected chi connectivity index (χ3v) is 2.93. The Bertz CT molecular complexity index is 511. The highest BCUT2D eigenvalue weighted by Crippen LogP contribution is 2.16. The standard InChI is InChI=1S/C12H11BrN2O2/c1-8(10-5-3-7-17-10)15-12(16)11-9(13)4-2-6-14-11/h2-8H,1H3,(H,15,16). The maximum atomic E-state index is 11.9. The summed E-state index contributed by atoms with van der Waals surface area (Å²) in [4.78, 5) is 15.9. The smallest absolute Gasteiger partial charge is 0.271 e. The minimum atomic E-state index is -0.235. The first-order chi connectivity index (χ1) is 8.18. The van der Waals surface area contributed by atoms with Gasteiger partial charge in [0.2, 0.25) is 0 Å². The number of halogens is 1. The highest BCUT2D eigenvalue weighted by molar-refractivity contribution is 9.10. The number of rotatable bonds is 3. The van der Waals surface area contributed by atoms with Crippen LogP contribution in [0.1, 0.15) is 29.2 Å². The van der Waals surface area contributed by atoms with E-state index >= 15 is 0 Å². The van der Waals surface area contributed by atoms with Crippen molar-refractivity contribution in [3.63, 3.8) is 0 Å². The number of nitrogens with one attached hydrogen (secondary N) is 1. The van der Waals surface area contributed by atoms with Crippen LogP contribution in [0, 0.1) is 0 Å². The van der Waals surface area contributed by atoms with E-state index in [1.54, 1.807) is 30.7 Å². The first-order valence-corrected chi connectivity index (χ1v) is 5.92. The first-order valence-electron chi connectivity index (χ1n) is 5.13. The zero-order valence-corrected chi connectivity index (χ0v) is 10.8. The van der Waals surface area contributed by atoms with Crippen LogP contribution in [0.2, 0.25) is 0 Å². The normalized spacial score (nSPS) is 12.1. The van der Waals surface area contributed by atoms with Gasteiger partial charge in [-0.05, 0) is 47.1 Å². The predicted molar refractivity (Wildman–Crippen MR) is 66.5 cm³/mol. The van der Waals surface area contributed by atoms with Gasteiger partial charge in [0.05, 0.1) is 12.3 Å². The van der Waals surface area contributed by atoms with E-state index in [0.29, 0.717) is 15.9 Å². The van der Waals surface area contributed by atoms with Crippen molar-refractivity contribution in [3.05, 3.63) is 52.7 Å². The van der Waals surface area contributed by atoms with Crippen molar-refractivity contribution in [2.24, 2.45) is 0 Å². The van der Waals surface area contributed by atoms with Crippen LogP contribution in [-0.2, 0) is 0 Å². The Hall–Kier alpha value is -1.62. The molecule has 4 nitrogen and oxygen atoms in total. The van der Waals surface area contributed by atoms with Crippen molar-refractivity contribution in [1.29, 1.82) is 0 Å². The second-order valence-corrected chi connectivity index (χ2v) is 4.40. The summed E-state index contributed by atoms with van der Waals surface area (Å²) in [7, 11) is 0. The van der Waals surface area contributed by atoms with E-state index in [1.807, 2.05) is 13.0 Å². The van der Waals surface area contributed by atoms with E-state index in [4.69, 9.17) is 4.42 Å². The van der Waals surface area contributed by atoms with Crippen molar-refractivity contribution in [1.82, 2.24) is 10.3 Å². The van der Waals surface area contributed by atoms with Gasteiger partial charge in [-0.1, -0.05) is 0 Å². The number of hydrogen-bond donors (Lipinski definition) is 1. The van der Waals surface area contributed by atoms with E-state index < -0.39 is 0 Å². The van der Waals surface area contributed by atoms with Gasteiger partial charge >= 0.3 is 0 Å². The number of pyridine rings is 1. The molecule has 1 unspecified atom stereocenters. The number of carbonyl (C=O) groups is 1. The lowest BCUT2D eigenvalue weighted by Crippen LogP contribution is -2.27. The van der Waals surface area contributed by atoms with Crippen molar-refractivity contribution in [2.75, 3.05) is 0 Å². The highest BCUT2D eigenvalue weighted by Gasteiger charge is 2.16. The van der Waals surface area contributed by atoms with Crippen molar-refractivity contribution >= 4 is 21.8 Å². The zero-order valence-electron chi connectivity index (χ0n) is 9.18. The molecule has 1 N–H and O–H groups in total. The van der Waals surface area contributed by atoms with Crippen LogP contribution < -0.4 is 5.32 Å². The van der Waals surface area contributed by atoms with Crippen LogP contribution in [0.3, 0.4) is 0 Å². The summed E-state index contributed by atoms with van der Waals surface area (Å²) in [5.74, 6) is 0.478. The Morgan fingerprint density at radius 1 is 1.47 bits per heavy atom. The molecule has 0 spiro atoms. The van der Waals surface area contributed by atoms with Gasteiger partial charge in [-0.2, -0.15) is 0 Å². The third-order valence-electron chi connectivity index (χ3n) is 2.29. The Kier molecular flexibility index (Phi) is 3.58. The molecule has 0 fully saturated rings. The van der Waals surface area contributed by atoms with E-state index in [0.717, 1.165) is 0 Å². The summed E-state index contributed by atoms with van der Waals surface area (Å²) < 4.78 is 5.89. The number of aromatic nitrogens is 1. The average molecular weight is 295 g/mol. The molecule has 0 aliphatic rings. The fraction of sp³-hybridized carbons (Fsp3) is 0.167. The van der Waals surface area contributed by atoms with Crippen LogP contribution >= 0.6 is 15.9 Å². The Labute approximate surface area is 107 Å². The summed E-state index contributed by atoms with van der Waals surface area (Å²) in [5, 5.41) is 2.81. The molecule has 88 valence electrons. The molecule has 5 heteroatoms. The minimum absolute atomic E-state index is 0.189. The first kappa shape index (κ1) is 11.9. The second-order valence-electron chi connectivity index (χ2n) is 3.54. The number of furan rings is 1. The topological polar surface area (TPSA) is 55.1 Å². The number of carbonyl (C=O) groups excluding carboxylic acids is 1. The Morgan fingerprint density at radius 2 is 2.29 bits per heavy atom. The summed E-state index contributed by atoms with van der Waals surface area (Å²) in [6, 6.07) is 6.95. The molecule has 2 heterocycles. The molecule has 0 aliphatic heterocycles. The minimum Gasteiger partial charge on any atom is -0.467 e. The van der Waals surface area contributed by atoms with Crippen LogP contribution in [0.4, 0.5) is 0 Å². The summed E-state index contributed by atoms with van der Waals surface area (Å²) in [6.45, 7) is 1.85. The second kappa shape index (κ2) is 5.14. The van der Waals surface area contributed by atoms with Crippen molar-refractivity contribution in [2.45, 2.75) is 13.0 Å². The lowest BCUT2D eigenvalue weighted by Gasteiger charge is -2.11. The number of amides is 1. The van der Waals surface area contributed by atoms with E-state index in [9.17, 15) is 4.79 Å². The molecule has 0 bridgehead atoms. The average Bonchev–Trinajstić information content (AvgIpc) is 2.82. The number of nitrogens with zero attached hydrogens (tertiary/aromatic N) is 1. The van der Waals surface area contributed by atoms with Crippen molar-refractivity contribution in [3.8, 4) is 0 Å². The van der Waals surface area contributed by atoms with Crippen LogP contribution in [0.25, 0.3) is 0 Å². The monoisotopic (exact) mass is 294 g/mol. The van der Waals surface area contributed by atoms with Gasteiger partial charge in [0.15, 0.2) is 0 Å². The van der Waals surface area contributed by atoms with Crippen LogP contribution in [-0.4, -0.2) is 10.9 Å². The Balaban J connectivity index is 2.10. The van der Waals surface area contributed by atoms with Gasteiger partial charge in [0.1, 0.15) is 11.5 Å². The summed E-state index contributed by atoms with van der Waals surface area (Å²) in [5.41, 5.74) is 0.367. The van der Waals surface area contributed by atoms with Gasteiger partial charge in [0, 0.05) is 10.7 Å².